The number of benzene rings is 1. The fraction of sp³-hybridized carbons (Fsp3) is 0.423. The Bertz CT molecular complexity index is 1340. The molecule has 4 rings (SSSR count). The fourth-order valence-corrected chi connectivity index (χ4v) is 5.50. The summed E-state index contributed by atoms with van der Waals surface area (Å²) in [7, 11) is -4.04. The van der Waals surface area contributed by atoms with Gasteiger partial charge in [0.2, 0.25) is 0 Å². The zero-order valence-electron chi connectivity index (χ0n) is 21.3. The van der Waals surface area contributed by atoms with Crippen LogP contribution in [0.1, 0.15) is 51.4 Å². The van der Waals surface area contributed by atoms with Crippen LogP contribution in [0.25, 0.3) is 5.82 Å². The molecule has 2 aromatic heterocycles. The monoisotopic (exact) mass is 511 g/mol. The Balaban J connectivity index is 1.71. The lowest BCUT2D eigenvalue weighted by molar-refractivity contribution is 0.0981. The van der Waals surface area contributed by atoms with Gasteiger partial charge in [-0.2, -0.15) is 5.10 Å². The molecular formula is C26H33N5O4S. The van der Waals surface area contributed by atoms with E-state index in [1.54, 1.807) is 47.4 Å². The molecule has 0 aliphatic carbocycles. The number of aromatic nitrogens is 3. The predicted molar refractivity (Wildman–Crippen MR) is 138 cm³/mol. The van der Waals surface area contributed by atoms with Gasteiger partial charge in [0.25, 0.3) is 15.9 Å². The zero-order chi connectivity index (χ0) is 26.1. The smallest absolute Gasteiger partial charge is 0.268 e. The molecule has 10 heteroatoms. The molecule has 1 saturated heterocycles. The molecule has 3 heterocycles. The fourth-order valence-electron chi connectivity index (χ4n) is 4.51. The van der Waals surface area contributed by atoms with Crippen molar-refractivity contribution in [3.8, 4) is 11.6 Å². The van der Waals surface area contributed by atoms with Crippen LogP contribution in [-0.4, -0.2) is 47.8 Å². The van der Waals surface area contributed by atoms with Crippen molar-refractivity contribution in [1.82, 2.24) is 19.5 Å². The van der Waals surface area contributed by atoms with Crippen molar-refractivity contribution in [3.63, 3.8) is 0 Å². The minimum atomic E-state index is -4.04. The normalized spacial score (nSPS) is 17.4. The van der Waals surface area contributed by atoms with E-state index in [2.05, 4.69) is 49.3 Å². The third-order valence-electron chi connectivity index (χ3n) is 6.09. The summed E-state index contributed by atoms with van der Waals surface area (Å²) in [6, 6.07) is 11.1. The van der Waals surface area contributed by atoms with E-state index in [9.17, 15) is 13.2 Å². The molecule has 0 saturated carbocycles. The van der Waals surface area contributed by atoms with Crippen molar-refractivity contribution in [3.05, 3.63) is 60.4 Å². The third-order valence-corrected chi connectivity index (χ3v) is 7.44. The molecule has 0 bridgehead atoms. The molecule has 1 aliphatic rings. The van der Waals surface area contributed by atoms with E-state index >= 15 is 0 Å². The second-order valence-corrected chi connectivity index (χ2v) is 12.0. The van der Waals surface area contributed by atoms with Crippen LogP contribution in [0.2, 0.25) is 0 Å². The highest BCUT2D eigenvalue weighted by molar-refractivity contribution is 7.90. The van der Waals surface area contributed by atoms with Gasteiger partial charge in [-0.15, -0.1) is 0 Å². The lowest BCUT2D eigenvalue weighted by Crippen LogP contribution is -2.41. The van der Waals surface area contributed by atoms with Gasteiger partial charge in [0, 0.05) is 12.1 Å². The quantitative estimate of drug-likeness (QED) is 0.486. The Kier molecular flexibility index (Phi) is 7.08. The standard InChI is InChI=1S/C26H33N5O4S/c1-18(2)17-35-20-14-27-31(16-20)23-12-11-22(24(28-23)30-15-19(3)13-26(30,4)5)25(32)29-36(33,34)21-9-7-6-8-10-21/h6-12,14,16,18-19H,13,15,17H2,1-5H3,(H,29,32)/t19-/m0/s1. The number of hydrogen-bond donors (Lipinski definition) is 1. The summed E-state index contributed by atoms with van der Waals surface area (Å²) < 4.78 is 35.2. The summed E-state index contributed by atoms with van der Waals surface area (Å²) in [6.45, 7) is 11.7. The van der Waals surface area contributed by atoms with E-state index in [-0.39, 0.29) is 16.0 Å². The van der Waals surface area contributed by atoms with E-state index in [1.807, 2.05) is 0 Å². The number of anilines is 1. The molecule has 1 amide bonds. The first-order valence-electron chi connectivity index (χ1n) is 12.0. The van der Waals surface area contributed by atoms with Crippen LogP contribution in [0.3, 0.4) is 0 Å². The molecule has 0 radical (unpaired) electrons. The third kappa shape index (κ3) is 5.53. The topological polar surface area (TPSA) is 106 Å². The van der Waals surface area contributed by atoms with Crippen LogP contribution < -0.4 is 14.4 Å². The Hall–Kier alpha value is -3.40. The minimum absolute atomic E-state index is 0.0186. The molecule has 1 fully saturated rings. The molecular weight excluding hydrogens is 478 g/mol. The number of nitrogens with one attached hydrogen (secondary N) is 1. The molecule has 0 unspecified atom stereocenters. The largest absolute Gasteiger partial charge is 0.490 e. The van der Waals surface area contributed by atoms with Crippen molar-refractivity contribution in [2.45, 2.75) is 51.5 Å². The van der Waals surface area contributed by atoms with E-state index in [4.69, 9.17) is 9.72 Å². The summed E-state index contributed by atoms with van der Waals surface area (Å²) in [5.74, 6) is 1.57. The van der Waals surface area contributed by atoms with Gasteiger partial charge < -0.3 is 9.64 Å². The van der Waals surface area contributed by atoms with Crippen LogP contribution in [0.4, 0.5) is 5.82 Å². The van der Waals surface area contributed by atoms with Crippen LogP contribution in [0.5, 0.6) is 5.75 Å². The number of sulfonamides is 1. The second-order valence-electron chi connectivity index (χ2n) is 10.3. The number of rotatable bonds is 8. The first-order chi connectivity index (χ1) is 17.0. The molecule has 0 spiro atoms. The van der Waals surface area contributed by atoms with Gasteiger partial charge in [0.05, 0.1) is 29.5 Å². The average molecular weight is 512 g/mol. The number of carbonyl (C=O) groups excluding carboxylic acids is 1. The maximum Gasteiger partial charge on any atom is 0.268 e. The Morgan fingerprint density at radius 1 is 1.19 bits per heavy atom. The molecule has 192 valence electrons. The highest BCUT2D eigenvalue weighted by atomic mass is 32.2. The molecule has 36 heavy (non-hydrogen) atoms. The number of carbonyl (C=O) groups is 1. The number of amides is 1. The van der Waals surface area contributed by atoms with Crippen molar-refractivity contribution in [1.29, 1.82) is 0 Å². The highest BCUT2D eigenvalue weighted by Crippen LogP contribution is 2.37. The van der Waals surface area contributed by atoms with Crippen LogP contribution in [0, 0.1) is 11.8 Å². The molecule has 1 atom stereocenters. The van der Waals surface area contributed by atoms with Gasteiger partial charge in [0.1, 0.15) is 5.82 Å². The van der Waals surface area contributed by atoms with Gasteiger partial charge in [-0.05, 0) is 56.4 Å². The minimum Gasteiger partial charge on any atom is -0.490 e. The molecule has 1 aliphatic heterocycles. The van der Waals surface area contributed by atoms with Crippen LogP contribution in [-0.2, 0) is 10.0 Å². The molecule has 3 aromatic rings. The first kappa shape index (κ1) is 25.7. The van der Waals surface area contributed by atoms with Gasteiger partial charge in [-0.1, -0.05) is 39.0 Å². The summed E-state index contributed by atoms with van der Waals surface area (Å²) in [6.07, 6.45) is 4.28. The van der Waals surface area contributed by atoms with Crippen molar-refractivity contribution >= 4 is 21.7 Å². The predicted octanol–water partition coefficient (Wildman–Crippen LogP) is 4.05. The number of hydrogen-bond acceptors (Lipinski definition) is 7. The van der Waals surface area contributed by atoms with Gasteiger partial charge >= 0.3 is 0 Å². The maximum absolute atomic E-state index is 13.3. The van der Waals surface area contributed by atoms with Gasteiger partial charge in [-0.25, -0.2) is 22.8 Å². The zero-order valence-corrected chi connectivity index (χ0v) is 22.1. The molecule has 9 nitrogen and oxygen atoms in total. The van der Waals surface area contributed by atoms with Crippen LogP contribution in [0.15, 0.2) is 59.8 Å². The Labute approximate surface area is 212 Å². The van der Waals surface area contributed by atoms with Crippen molar-refractivity contribution < 1.29 is 17.9 Å². The summed E-state index contributed by atoms with van der Waals surface area (Å²) in [4.78, 5) is 20.2. The maximum atomic E-state index is 13.3. The number of pyridine rings is 1. The summed E-state index contributed by atoms with van der Waals surface area (Å²) in [5.41, 5.74) is -0.0857. The van der Waals surface area contributed by atoms with E-state index < -0.39 is 15.9 Å². The Morgan fingerprint density at radius 3 is 2.56 bits per heavy atom. The summed E-state index contributed by atoms with van der Waals surface area (Å²) in [5, 5.41) is 4.37. The summed E-state index contributed by atoms with van der Waals surface area (Å²) >= 11 is 0. The average Bonchev–Trinajstić information content (AvgIpc) is 3.40. The molecule has 1 aromatic carbocycles. The lowest BCUT2D eigenvalue weighted by Gasteiger charge is -2.34. The van der Waals surface area contributed by atoms with Crippen LogP contribution >= 0.6 is 0 Å². The van der Waals surface area contributed by atoms with E-state index in [0.717, 1.165) is 6.42 Å². The van der Waals surface area contributed by atoms with Gasteiger partial charge in [-0.3, -0.25) is 4.79 Å². The number of ether oxygens (including phenoxy) is 1. The van der Waals surface area contributed by atoms with Gasteiger partial charge in [0.15, 0.2) is 11.6 Å². The lowest BCUT2D eigenvalue weighted by atomic mass is 9.97. The second kappa shape index (κ2) is 9.93. The van der Waals surface area contributed by atoms with E-state index in [0.29, 0.717) is 42.4 Å². The number of nitrogens with zero attached hydrogens (tertiary/aromatic N) is 4. The first-order valence-corrected chi connectivity index (χ1v) is 13.5. The highest BCUT2D eigenvalue weighted by Gasteiger charge is 2.39. The van der Waals surface area contributed by atoms with Crippen molar-refractivity contribution in [2.75, 3.05) is 18.1 Å². The Morgan fingerprint density at radius 2 is 1.92 bits per heavy atom. The SMILES string of the molecule is CC(C)COc1cnn(-c2ccc(C(=O)NS(=O)(=O)c3ccccc3)c(N3C[C@@H](C)CC3(C)C)n2)c1. The van der Waals surface area contributed by atoms with E-state index in [1.165, 1.54) is 12.1 Å². The molecule has 1 N–H and O–H groups in total. The van der Waals surface area contributed by atoms with Crippen molar-refractivity contribution in [2.24, 2.45) is 11.8 Å².